The molecule has 2 aromatic rings. The first-order chi connectivity index (χ1) is 10.1. The number of methoxy groups -OCH3 is 1. The number of nitrogens with zero attached hydrogens (tertiary/aromatic N) is 1. The fourth-order valence-electron chi connectivity index (χ4n) is 2.27. The van der Waals surface area contributed by atoms with E-state index in [-0.39, 0.29) is 5.91 Å². The Hall–Kier alpha value is -2.01. The summed E-state index contributed by atoms with van der Waals surface area (Å²) < 4.78 is 5.25. The van der Waals surface area contributed by atoms with E-state index in [1.165, 1.54) is 11.3 Å². The predicted molar refractivity (Wildman–Crippen MR) is 88.0 cm³/mol. The Bertz CT molecular complexity index is 633. The number of ether oxygens (including phenoxy) is 1. The minimum absolute atomic E-state index is 0.0171. The average Bonchev–Trinajstić information content (AvgIpc) is 2.90. The Labute approximate surface area is 129 Å². The molecule has 21 heavy (non-hydrogen) atoms. The minimum Gasteiger partial charge on any atom is -0.497 e. The molecule has 112 valence electrons. The van der Waals surface area contributed by atoms with Crippen LogP contribution in [0.15, 0.2) is 29.6 Å². The molecule has 1 aromatic carbocycles. The zero-order valence-electron chi connectivity index (χ0n) is 12.6. The fraction of sp³-hybridized carbons (Fsp3) is 0.312. The molecule has 1 heterocycles. The lowest BCUT2D eigenvalue weighted by atomic mass is 10.0. The third-order valence-corrected chi connectivity index (χ3v) is 4.28. The van der Waals surface area contributed by atoms with Gasteiger partial charge >= 0.3 is 0 Å². The van der Waals surface area contributed by atoms with Gasteiger partial charge in [0.1, 0.15) is 5.75 Å². The average molecular weight is 304 g/mol. The zero-order chi connectivity index (χ0) is 15.4. The number of benzene rings is 1. The van der Waals surface area contributed by atoms with Crippen molar-refractivity contribution in [2.75, 3.05) is 25.9 Å². The van der Waals surface area contributed by atoms with Gasteiger partial charge in [0.15, 0.2) is 0 Å². The molecule has 0 aliphatic rings. The van der Waals surface area contributed by atoms with E-state index in [0.717, 1.165) is 16.9 Å². The maximum absolute atomic E-state index is 12.7. The molecular formula is C16H20N2O2S. The Balaban J connectivity index is 2.49. The summed E-state index contributed by atoms with van der Waals surface area (Å²) in [5.74, 6) is 0.745. The molecule has 0 fully saturated rings. The summed E-state index contributed by atoms with van der Waals surface area (Å²) in [6.45, 7) is 5.27. The van der Waals surface area contributed by atoms with Gasteiger partial charge in [0, 0.05) is 24.0 Å². The number of anilines is 1. The number of carbonyl (C=O) groups is 1. The summed E-state index contributed by atoms with van der Waals surface area (Å²) in [6, 6.07) is 7.67. The molecule has 4 nitrogen and oxygen atoms in total. The maximum atomic E-state index is 12.7. The molecule has 0 radical (unpaired) electrons. The number of thiophene rings is 1. The summed E-state index contributed by atoms with van der Waals surface area (Å²) >= 11 is 1.40. The van der Waals surface area contributed by atoms with Crippen LogP contribution in [0.1, 0.15) is 24.2 Å². The van der Waals surface area contributed by atoms with Gasteiger partial charge < -0.3 is 15.4 Å². The lowest BCUT2D eigenvalue weighted by molar-refractivity contribution is 0.0775. The highest BCUT2D eigenvalue weighted by molar-refractivity contribution is 7.15. The van der Waals surface area contributed by atoms with E-state index < -0.39 is 0 Å². The van der Waals surface area contributed by atoms with E-state index in [9.17, 15) is 4.79 Å². The Morgan fingerprint density at radius 2 is 2.05 bits per heavy atom. The van der Waals surface area contributed by atoms with Gasteiger partial charge in [-0.1, -0.05) is 12.1 Å². The predicted octanol–water partition coefficient (Wildman–Crippen LogP) is 3.49. The fourth-order valence-corrected chi connectivity index (χ4v) is 3.08. The van der Waals surface area contributed by atoms with Crippen molar-refractivity contribution in [2.45, 2.75) is 13.8 Å². The van der Waals surface area contributed by atoms with Crippen molar-refractivity contribution in [2.24, 2.45) is 0 Å². The number of hydrogen-bond donors (Lipinski definition) is 1. The van der Waals surface area contributed by atoms with Crippen LogP contribution >= 0.6 is 11.3 Å². The van der Waals surface area contributed by atoms with Crippen molar-refractivity contribution in [3.63, 3.8) is 0 Å². The van der Waals surface area contributed by atoms with E-state index in [1.54, 1.807) is 12.0 Å². The normalized spacial score (nSPS) is 10.4. The highest BCUT2D eigenvalue weighted by atomic mass is 32.1. The van der Waals surface area contributed by atoms with Crippen molar-refractivity contribution < 1.29 is 9.53 Å². The van der Waals surface area contributed by atoms with Gasteiger partial charge in [-0.2, -0.15) is 0 Å². The van der Waals surface area contributed by atoms with Crippen molar-refractivity contribution in [3.05, 3.63) is 35.2 Å². The number of nitrogens with two attached hydrogens (primary N) is 1. The lowest BCUT2D eigenvalue weighted by Gasteiger charge is -2.19. The third-order valence-electron chi connectivity index (χ3n) is 3.46. The van der Waals surface area contributed by atoms with Crippen LogP contribution in [0.3, 0.4) is 0 Å². The number of rotatable bonds is 5. The van der Waals surface area contributed by atoms with Crippen LogP contribution in [0.4, 0.5) is 5.00 Å². The van der Waals surface area contributed by atoms with Crippen molar-refractivity contribution in [1.82, 2.24) is 4.90 Å². The van der Waals surface area contributed by atoms with Gasteiger partial charge in [-0.15, -0.1) is 11.3 Å². The molecule has 0 atom stereocenters. The molecule has 2 rings (SSSR count). The maximum Gasteiger partial charge on any atom is 0.257 e. The Morgan fingerprint density at radius 1 is 1.33 bits per heavy atom. The summed E-state index contributed by atoms with van der Waals surface area (Å²) in [5.41, 5.74) is 8.44. The molecule has 5 heteroatoms. The van der Waals surface area contributed by atoms with Gasteiger partial charge in [-0.3, -0.25) is 4.79 Å². The van der Waals surface area contributed by atoms with E-state index >= 15 is 0 Å². The summed E-state index contributed by atoms with van der Waals surface area (Å²) in [6.07, 6.45) is 0. The molecule has 0 bridgehead atoms. The van der Waals surface area contributed by atoms with Crippen molar-refractivity contribution >= 4 is 22.2 Å². The summed E-state index contributed by atoms with van der Waals surface area (Å²) in [7, 11) is 1.63. The van der Waals surface area contributed by atoms with Gasteiger partial charge in [0.25, 0.3) is 5.91 Å². The number of hydrogen-bond acceptors (Lipinski definition) is 4. The van der Waals surface area contributed by atoms with Crippen LogP contribution in [-0.2, 0) is 0 Å². The van der Waals surface area contributed by atoms with E-state index in [1.807, 2.05) is 43.5 Å². The second-order valence-corrected chi connectivity index (χ2v) is 5.51. The zero-order valence-corrected chi connectivity index (χ0v) is 13.4. The smallest absolute Gasteiger partial charge is 0.257 e. The molecule has 0 aliphatic carbocycles. The molecule has 0 aliphatic heterocycles. The highest BCUT2D eigenvalue weighted by Gasteiger charge is 2.22. The standard InChI is InChI=1S/C16H20N2O2S/c1-4-18(5-2)16(19)14-13(10-21-15(14)17)11-7-6-8-12(9-11)20-3/h6-10H,4-5,17H2,1-3H3. The van der Waals surface area contributed by atoms with Crippen LogP contribution in [0.2, 0.25) is 0 Å². The third kappa shape index (κ3) is 3.03. The summed E-state index contributed by atoms with van der Waals surface area (Å²) in [5, 5.41) is 2.49. The van der Waals surface area contributed by atoms with E-state index in [4.69, 9.17) is 10.5 Å². The van der Waals surface area contributed by atoms with Gasteiger partial charge in [-0.05, 0) is 31.5 Å². The highest BCUT2D eigenvalue weighted by Crippen LogP contribution is 2.35. The van der Waals surface area contributed by atoms with Crippen LogP contribution in [-0.4, -0.2) is 31.0 Å². The quantitative estimate of drug-likeness (QED) is 0.920. The molecule has 0 unspecified atom stereocenters. The topological polar surface area (TPSA) is 55.6 Å². The van der Waals surface area contributed by atoms with Crippen molar-refractivity contribution in [3.8, 4) is 16.9 Å². The van der Waals surface area contributed by atoms with Crippen LogP contribution < -0.4 is 10.5 Å². The minimum atomic E-state index is -0.0171. The Morgan fingerprint density at radius 3 is 2.67 bits per heavy atom. The summed E-state index contributed by atoms with van der Waals surface area (Å²) in [4.78, 5) is 14.4. The van der Waals surface area contributed by atoms with E-state index in [0.29, 0.717) is 23.7 Å². The molecule has 0 saturated heterocycles. The number of amides is 1. The molecular weight excluding hydrogens is 284 g/mol. The van der Waals surface area contributed by atoms with Crippen molar-refractivity contribution in [1.29, 1.82) is 0 Å². The first-order valence-electron chi connectivity index (χ1n) is 6.93. The van der Waals surface area contributed by atoms with E-state index in [2.05, 4.69) is 0 Å². The number of carbonyl (C=O) groups excluding carboxylic acids is 1. The molecule has 0 saturated carbocycles. The van der Waals surface area contributed by atoms with Gasteiger partial charge in [0.2, 0.25) is 0 Å². The van der Waals surface area contributed by atoms with Gasteiger partial charge in [0.05, 0.1) is 17.7 Å². The van der Waals surface area contributed by atoms with Crippen LogP contribution in [0, 0.1) is 0 Å². The second-order valence-electron chi connectivity index (χ2n) is 4.60. The molecule has 1 aromatic heterocycles. The molecule has 2 N–H and O–H groups in total. The lowest BCUT2D eigenvalue weighted by Crippen LogP contribution is -2.31. The second kappa shape index (κ2) is 6.63. The Kier molecular flexibility index (Phi) is 4.85. The monoisotopic (exact) mass is 304 g/mol. The van der Waals surface area contributed by atoms with Gasteiger partial charge in [-0.25, -0.2) is 0 Å². The number of nitrogen functional groups attached to an aromatic ring is 1. The SMILES string of the molecule is CCN(CC)C(=O)c1c(-c2cccc(OC)c2)csc1N. The van der Waals surface area contributed by atoms with Crippen LogP contribution in [0.5, 0.6) is 5.75 Å². The molecule has 0 spiro atoms. The first-order valence-corrected chi connectivity index (χ1v) is 7.80. The largest absolute Gasteiger partial charge is 0.497 e. The molecule has 1 amide bonds. The van der Waals surface area contributed by atoms with Crippen LogP contribution in [0.25, 0.3) is 11.1 Å². The first kappa shape index (κ1) is 15.4.